The molecule has 0 spiro atoms. The number of hydrogen-bond donors (Lipinski definition) is 1. The lowest BCUT2D eigenvalue weighted by atomic mass is 9.84. The molecule has 0 atom stereocenters. The molecule has 4 aromatic rings. The molecule has 0 bridgehead atoms. The molecule has 53 heavy (non-hydrogen) atoms. The number of rotatable bonds is 13. The number of carbonyl (C=O) groups excluding carboxylic acids is 1. The number of ether oxygens (including phenoxy) is 1. The quantitative estimate of drug-likeness (QED) is 0.0839. The predicted octanol–water partition coefficient (Wildman–Crippen LogP) is 7.81. The van der Waals surface area contributed by atoms with Gasteiger partial charge in [0, 0.05) is 12.6 Å². The van der Waals surface area contributed by atoms with Gasteiger partial charge in [-0.15, -0.1) is 0 Å². The number of carboxylic acid groups (broad SMARTS) is 1. The summed E-state index contributed by atoms with van der Waals surface area (Å²) in [5, 5.41) is 19.4. The van der Waals surface area contributed by atoms with E-state index >= 15 is 8.78 Å². The monoisotopic (exact) mass is 751 g/mol. The van der Waals surface area contributed by atoms with Gasteiger partial charge in [-0.1, -0.05) is 57.2 Å². The molecule has 278 valence electrons. The molecular weight excluding hydrogens is 715 g/mol. The first-order valence-electron chi connectivity index (χ1n) is 16.7. The number of nitrogens with zero attached hydrogens (tertiary/aromatic N) is 3. The molecule has 14 heteroatoms. The van der Waals surface area contributed by atoms with Crippen molar-refractivity contribution in [2.45, 2.75) is 69.9 Å². The zero-order chi connectivity index (χ0) is 38.8. The maximum atomic E-state index is 15.1. The molecule has 0 unspecified atom stereocenters. The Labute approximate surface area is 305 Å². The SMILES string of the molecule is CCOc1cc(C(=O)O)ccc1N(Cc1cc(C2CC2)cc(C(C)(C)C)c1)C(=O)CN(Cc1ccccc1C#N)S(=O)(=O)c1c(F)cc(F)c(F)c1F. The van der Waals surface area contributed by atoms with Crippen molar-refractivity contribution in [1.82, 2.24) is 4.31 Å². The zero-order valence-electron chi connectivity index (χ0n) is 29.4. The number of nitriles is 1. The van der Waals surface area contributed by atoms with E-state index in [1.165, 1.54) is 47.4 Å². The number of sulfonamides is 1. The summed E-state index contributed by atoms with van der Waals surface area (Å²) in [6, 6.07) is 17.2. The Morgan fingerprint density at radius 2 is 1.64 bits per heavy atom. The van der Waals surface area contributed by atoms with Crippen LogP contribution < -0.4 is 9.64 Å². The maximum absolute atomic E-state index is 15.1. The number of hydrogen-bond acceptors (Lipinski definition) is 6. The first-order valence-corrected chi connectivity index (χ1v) is 18.2. The van der Waals surface area contributed by atoms with E-state index in [1.807, 2.05) is 39.0 Å². The van der Waals surface area contributed by atoms with Crippen molar-refractivity contribution in [3.63, 3.8) is 0 Å². The van der Waals surface area contributed by atoms with E-state index in [4.69, 9.17) is 4.74 Å². The third-order valence-electron chi connectivity index (χ3n) is 8.84. The van der Waals surface area contributed by atoms with Gasteiger partial charge in [0.2, 0.25) is 15.9 Å². The summed E-state index contributed by atoms with van der Waals surface area (Å²) in [6.45, 7) is 5.73. The van der Waals surface area contributed by atoms with E-state index in [0.717, 1.165) is 24.0 Å². The fraction of sp³-hybridized carbons (Fsp3) is 0.308. The minimum absolute atomic E-state index is 0.0160. The molecule has 9 nitrogen and oxygen atoms in total. The second kappa shape index (κ2) is 15.4. The van der Waals surface area contributed by atoms with Gasteiger partial charge < -0.3 is 14.7 Å². The van der Waals surface area contributed by atoms with Crippen molar-refractivity contribution < 1.29 is 45.4 Å². The van der Waals surface area contributed by atoms with Crippen molar-refractivity contribution >= 4 is 27.6 Å². The molecule has 0 saturated heterocycles. The number of carbonyl (C=O) groups is 2. The molecule has 1 saturated carbocycles. The Morgan fingerprint density at radius 3 is 2.26 bits per heavy atom. The largest absolute Gasteiger partial charge is 0.492 e. The van der Waals surface area contributed by atoms with Crippen LogP contribution in [0.1, 0.15) is 84.6 Å². The molecule has 1 aliphatic carbocycles. The molecule has 0 radical (unpaired) electrons. The van der Waals surface area contributed by atoms with Gasteiger partial charge in [0.15, 0.2) is 22.3 Å². The van der Waals surface area contributed by atoms with E-state index < -0.39 is 63.2 Å². The topological polar surface area (TPSA) is 128 Å². The summed E-state index contributed by atoms with van der Waals surface area (Å²) < 4.78 is 92.9. The highest BCUT2D eigenvalue weighted by molar-refractivity contribution is 7.89. The fourth-order valence-electron chi connectivity index (χ4n) is 5.86. The van der Waals surface area contributed by atoms with Crippen molar-refractivity contribution in [3.05, 3.63) is 123 Å². The van der Waals surface area contributed by atoms with Gasteiger partial charge in [0.25, 0.3) is 0 Å². The smallest absolute Gasteiger partial charge is 0.335 e. The Kier molecular flexibility index (Phi) is 11.3. The van der Waals surface area contributed by atoms with Gasteiger partial charge in [-0.2, -0.15) is 9.57 Å². The van der Waals surface area contributed by atoms with Crippen LogP contribution in [0.2, 0.25) is 0 Å². The van der Waals surface area contributed by atoms with Crippen LogP contribution in [0.3, 0.4) is 0 Å². The molecule has 1 aliphatic rings. The lowest BCUT2D eigenvalue weighted by molar-refractivity contribution is -0.119. The molecular formula is C39H37F4N3O6S. The maximum Gasteiger partial charge on any atom is 0.335 e. The van der Waals surface area contributed by atoms with Crippen molar-refractivity contribution in [1.29, 1.82) is 5.26 Å². The molecule has 5 rings (SSSR count). The van der Waals surface area contributed by atoms with Gasteiger partial charge in [-0.05, 0) is 77.6 Å². The van der Waals surface area contributed by atoms with Gasteiger partial charge in [-0.25, -0.2) is 30.8 Å². The van der Waals surface area contributed by atoms with Crippen LogP contribution in [0, 0.1) is 34.6 Å². The second-order valence-corrected chi connectivity index (χ2v) is 15.6. The van der Waals surface area contributed by atoms with Crippen LogP contribution in [-0.4, -0.2) is 42.9 Å². The average Bonchev–Trinajstić information content (AvgIpc) is 3.95. The Hall–Kier alpha value is -5.26. The van der Waals surface area contributed by atoms with E-state index in [-0.39, 0.29) is 52.8 Å². The number of aromatic carboxylic acids is 1. The van der Waals surface area contributed by atoms with Crippen LogP contribution >= 0.6 is 0 Å². The highest BCUT2D eigenvalue weighted by Crippen LogP contribution is 2.42. The van der Waals surface area contributed by atoms with Crippen molar-refractivity contribution in [3.8, 4) is 11.8 Å². The van der Waals surface area contributed by atoms with E-state index in [1.54, 1.807) is 6.92 Å². The van der Waals surface area contributed by atoms with Gasteiger partial charge in [-0.3, -0.25) is 4.79 Å². The number of anilines is 1. The molecule has 1 N–H and O–H groups in total. The predicted molar refractivity (Wildman–Crippen MR) is 188 cm³/mol. The van der Waals surface area contributed by atoms with Crippen molar-refractivity contribution in [2.75, 3.05) is 18.1 Å². The summed E-state index contributed by atoms with van der Waals surface area (Å²) in [4.78, 5) is 25.8. The average molecular weight is 752 g/mol. The molecule has 0 aromatic heterocycles. The van der Waals surface area contributed by atoms with E-state index in [9.17, 15) is 37.2 Å². The van der Waals surface area contributed by atoms with Crippen LogP contribution in [-0.2, 0) is 33.3 Å². The lowest BCUT2D eigenvalue weighted by Gasteiger charge is -2.30. The van der Waals surface area contributed by atoms with Crippen LogP contribution in [0.15, 0.2) is 71.6 Å². The minimum Gasteiger partial charge on any atom is -0.492 e. The summed E-state index contributed by atoms with van der Waals surface area (Å²) >= 11 is 0. The van der Waals surface area contributed by atoms with E-state index in [0.29, 0.717) is 15.8 Å². The third kappa shape index (κ3) is 8.53. The summed E-state index contributed by atoms with van der Waals surface area (Å²) in [6.07, 6.45) is 1.96. The van der Waals surface area contributed by atoms with Crippen LogP contribution in [0.5, 0.6) is 5.75 Å². The third-order valence-corrected chi connectivity index (χ3v) is 10.7. The summed E-state index contributed by atoms with van der Waals surface area (Å²) in [5.41, 5.74) is 2.31. The fourth-order valence-corrected chi connectivity index (χ4v) is 7.33. The highest BCUT2D eigenvalue weighted by atomic mass is 32.2. The summed E-state index contributed by atoms with van der Waals surface area (Å²) in [7, 11) is -5.47. The molecule has 1 amide bonds. The molecule has 0 aliphatic heterocycles. The second-order valence-electron chi connectivity index (χ2n) is 13.7. The first kappa shape index (κ1) is 39.0. The number of benzene rings is 4. The number of carboxylic acids is 1. The van der Waals surface area contributed by atoms with Gasteiger partial charge >= 0.3 is 5.97 Å². The van der Waals surface area contributed by atoms with Gasteiger partial charge in [0.1, 0.15) is 11.6 Å². The molecule has 4 aromatic carbocycles. The summed E-state index contributed by atoms with van der Waals surface area (Å²) in [5.74, 6) is -10.4. The first-order chi connectivity index (χ1) is 25.0. The van der Waals surface area contributed by atoms with Crippen LogP contribution in [0.4, 0.5) is 23.2 Å². The van der Waals surface area contributed by atoms with Crippen molar-refractivity contribution in [2.24, 2.45) is 0 Å². The minimum atomic E-state index is -5.47. The number of amides is 1. The Bertz CT molecular complexity index is 2230. The molecule has 0 heterocycles. The van der Waals surface area contributed by atoms with E-state index in [2.05, 4.69) is 6.07 Å². The Balaban J connectivity index is 1.68. The molecule has 1 fully saturated rings. The van der Waals surface area contributed by atoms with Crippen LogP contribution in [0.25, 0.3) is 0 Å². The number of halogens is 4. The highest BCUT2D eigenvalue weighted by Gasteiger charge is 2.37. The lowest BCUT2D eigenvalue weighted by Crippen LogP contribution is -2.43. The van der Waals surface area contributed by atoms with Gasteiger partial charge in [0.05, 0.1) is 42.6 Å². The normalized spacial score (nSPS) is 13.1. The standard InChI is InChI=1S/C39H37F4N3O6S/c1-5-52-33-17-25(38(48)49)12-13-32(33)46(20-23-14-28(24-10-11-24)16-29(15-23)39(2,3)4)34(47)22-45(21-27-9-7-6-8-26(27)19-44)53(50,51)37-31(41)18-30(40)35(42)36(37)43/h6-9,12-18,24H,5,10-11,20-22H2,1-4H3,(H,48,49). The zero-order valence-corrected chi connectivity index (χ0v) is 30.2. The Morgan fingerprint density at radius 1 is 0.943 bits per heavy atom.